The molecule has 1 N–H and O–H groups in total. The van der Waals surface area contributed by atoms with Gasteiger partial charge >= 0.3 is 0 Å². The second kappa shape index (κ2) is 14.2. The van der Waals surface area contributed by atoms with Gasteiger partial charge in [0, 0.05) is 0 Å². The Morgan fingerprint density at radius 3 is 2.24 bits per heavy atom. The van der Waals surface area contributed by atoms with Gasteiger partial charge in [0.25, 0.3) is 0 Å². The highest BCUT2D eigenvalue weighted by atomic mass is 32.9. The summed E-state index contributed by atoms with van der Waals surface area (Å²) < 4.78 is 11.2. The fourth-order valence-electron chi connectivity index (χ4n) is 1.82. The molecule has 1 atom stereocenters. The lowest BCUT2D eigenvalue weighted by molar-refractivity contribution is 0.279. The van der Waals surface area contributed by atoms with Gasteiger partial charge in [-0.25, -0.2) is 0 Å². The number of aliphatic hydroxyl groups excluding tert-OH is 1. The first-order chi connectivity index (χ1) is 10.1. The van der Waals surface area contributed by atoms with E-state index in [9.17, 15) is 5.11 Å². The highest BCUT2D eigenvalue weighted by molar-refractivity contribution is 8.68. The first-order valence-electron chi connectivity index (χ1n) is 7.96. The first-order valence-corrected chi connectivity index (χ1v) is 12.1. The van der Waals surface area contributed by atoms with Gasteiger partial charge in [0.15, 0.2) is 0 Å². The van der Waals surface area contributed by atoms with Crippen LogP contribution in [0.25, 0.3) is 0 Å². The van der Waals surface area contributed by atoms with Crippen molar-refractivity contribution in [3.05, 3.63) is 12.2 Å². The molecule has 6 heteroatoms. The maximum Gasteiger partial charge on any atom is 0.247 e. The normalized spacial score (nSPS) is 13.9. The third-order valence-corrected chi connectivity index (χ3v) is 8.45. The van der Waals surface area contributed by atoms with E-state index in [-0.39, 0.29) is 11.9 Å². The van der Waals surface area contributed by atoms with Gasteiger partial charge in [0.2, 0.25) is 5.69 Å². The van der Waals surface area contributed by atoms with Crippen LogP contribution < -0.4 is 0 Å². The average Bonchev–Trinajstić information content (AvgIpc) is 2.45. The standard InChI is InChI=1S/C15H31O3PS2/c1-4-7-8-9-10-11-12-13-15(14-16)21-19(20,17-5-2)18-6-3/h12-13,15-16H,4-11,14H2,1-3H3/b13-12+. The summed E-state index contributed by atoms with van der Waals surface area (Å²) >= 11 is 6.93. The predicted octanol–water partition coefficient (Wildman–Crippen LogP) is 5.29. The van der Waals surface area contributed by atoms with Crippen molar-refractivity contribution in [1.82, 2.24) is 0 Å². The van der Waals surface area contributed by atoms with Crippen LogP contribution in [0, 0.1) is 0 Å². The van der Waals surface area contributed by atoms with Crippen LogP contribution in [-0.2, 0) is 20.9 Å². The van der Waals surface area contributed by atoms with Crippen LogP contribution in [0.5, 0.6) is 0 Å². The molecule has 3 nitrogen and oxygen atoms in total. The Bertz CT molecular complexity index is 301. The summed E-state index contributed by atoms with van der Waals surface area (Å²) in [5.41, 5.74) is -2.32. The van der Waals surface area contributed by atoms with Crippen molar-refractivity contribution < 1.29 is 14.2 Å². The topological polar surface area (TPSA) is 38.7 Å². The van der Waals surface area contributed by atoms with Crippen molar-refractivity contribution in [2.75, 3.05) is 19.8 Å². The summed E-state index contributed by atoms with van der Waals surface area (Å²) in [5.74, 6) is 0. The highest BCUT2D eigenvalue weighted by Gasteiger charge is 2.23. The van der Waals surface area contributed by atoms with E-state index in [0.29, 0.717) is 13.2 Å². The fraction of sp³-hybridized carbons (Fsp3) is 0.867. The number of allylic oxidation sites excluding steroid dienone is 1. The van der Waals surface area contributed by atoms with Gasteiger partial charge in [-0.1, -0.05) is 56.1 Å². The van der Waals surface area contributed by atoms with Crippen LogP contribution in [0.4, 0.5) is 0 Å². The van der Waals surface area contributed by atoms with Gasteiger partial charge in [0.1, 0.15) is 0 Å². The van der Waals surface area contributed by atoms with E-state index in [4.69, 9.17) is 20.9 Å². The molecule has 0 bridgehead atoms. The Hall–Kier alpha value is 0.620. The molecule has 0 aromatic carbocycles. The molecular weight excluding hydrogens is 323 g/mol. The van der Waals surface area contributed by atoms with E-state index >= 15 is 0 Å². The van der Waals surface area contributed by atoms with Crippen molar-refractivity contribution in [2.45, 2.75) is 64.5 Å². The number of hydrogen-bond donors (Lipinski definition) is 1. The number of unbranched alkanes of at least 4 members (excludes halogenated alkanes) is 5. The minimum Gasteiger partial charge on any atom is -0.395 e. The molecule has 0 radical (unpaired) electrons. The first kappa shape index (κ1) is 21.6. The van der Waals surface area contributed by atoms with Crippen molar-refractivity contribution >= 4 is 28.9 Å². The summed E-state index contributed by atoms with van der Waals surface area (Å²) in [7, 11) is 0. The van der Waals surface area contributed by atoms with E-state index in [2.05, 4.69) is 13.0 Å². The zero-order valence-electron chi connectivity index (χ0n) is 13.6. The van der Waals surface area contributed by atoms with E-state index in [1.54, 1.807) is 0 Å². The Balaban J connectivity index is 4.15. The molecule has 0 rings (SSSR count). The lowest BCUT2D eigenvalue weighted by Crippen LogP contribution is -2.06. The molecule has 0 aromatic rings. The Kier molecular flexibility index (Phi) is 14.6. The maximum absolute atomic E-state index is 9.49. The molecule has 0 saturated heterocycles. The molecule has 0 spiro atoms. The minimum atomic E-state index is -2.32. The van der Waals surface area contributed by atoms with E-state index in [1.807, 2.05) is 19.9 Å². The zero-order valence-corrected chi connectivity index (χ0v) is 16.2. The van der Waals surface area contributed by atoms with Gasteiger partial charge in [-0.2, -0.15) is 0 Å². The van der Waals surface area contributed by atoms with Gasteiger partial charge in [-0.3, -0.25) is 0 Å². The molecule has 126 valence electrons. The summed E-state index contributed by atoms with van der Waals surface area (Å²) in [4.78, 5) is 0. The lowest BCUT2D eigenvalue weighted by atomic mass is 10.1. The van der Waals surface area contributed by atoms with Crippen molar-refractivity contribution in [2.24, 2.45) is 0 Å². The Morgan fingerprint density at radius 2 is 1.71 bits per heavy atom. The molecular formula is C15H31O3PS2. The second-order valence-electron chi connectivity index (χ2n) is 4.74. The minimum absolute atomic E-state index is 0.0374. The second-order valence-corrected chi connectivity index (χ2v) is 11.2. The van der Waals surface area contributed by atoms with Gasteiger partial charge in [0.05, 0.1) is 25.1 Å². The zero-order chi connectivity index (χ0) is 16.0. The Morgan fingerprint density at radius 1 is 1.10 bits per heavy atom. The molecule has 0 saturated carbocycles. The van der Waals surface area contributed by atoms with Crippen LogP contribution in [-0.4, -0.2) is 30.2 Å². The Labute approximate surface area is 139 Å². The number of aliphatic hydroxyl groups is 1. The fourth-order valence-corrected chi connectivity index (χ4v) is 7.26. The molecule has 0 fully saturated rings. The monoisotopic (exact) mass is 354 g/mol. The summed E-state index contributed by atoms with van der Waals surface area (Å²) in [6.45, 7) is 7.22. The van der Waals surface area contributed by atoms with E-state index in [0.717, 1.165) is 6.42 Å². The quantitative estimate of drug-likeness (QED) is 0.260. The van der Waals surface area contributed by atoms with Gasteiger partial charge < -0.3 is 14.2 Å². The van der Waals surface area contributed by atoms with Gasteiger partial charge in [-0.05, 0) is 38.5 Å². The average molecular weight is 355 g/mol. The molecule has 21 heavy (non-hydrogen) atoms. The van der Waals surface area contributed by atoms with Crippen LogP contribution in [0.2, 0.25) is 0 Å². The van der Waals surface area contributed by atoms with Crippen LogP contribution in [0.3, 0.4) is 0 Å². The van der Waals surface area contributed by atoms with Crippen LogP contribution >= 0.6 is 17.1 Å². The molecule has 0 heterocycles. The number of rotatable bonds is 14. The molecule has 0 aliphatic heterocycles. The van der Waals surface area contributed by atoms with E-state index in [1.165, 1.54) is 43.5 Å². The van der Waals surface area contributed by atoms with Crippen LogP contribution in [0.1, 0.15) is 59.3 Å². The third kappa shape index (κ3) is 11.8. The smallest absolute Gasteiger partial charge is 0.247 e. The highest BCUT2D eigenvalue weighted by Crippen LogP contribution is 2.62. The number of hydrogen-bond acceptors (Lipinski definition) is 5. The molecule has 0 aromatic heterocycles. The summed E-state index contributed by atoms with van der Waals surface area (Å²) in [5, 5.41) is 9.45. The van der Waals surface area contributed by atoms with E-state index < -0.39 is 5.69 Å². The molecule has 0 aliphatic rings. The predicted molar refractivity (Wildman–Crippen MR) is 98.5 cm³/mol. The molecule has 1 unspecified atom stereocenters. The largest absolute Gasteiger partial charge is 0.395 e. The van der Waals surface area contributed by atoms with Crippen molar-refractivity contribution in [1.29, 1.82) is 0 Å². The molecule has 0 aliphatic carbocycles. The summed E-state index contributed by atoms with van der Waals surface area (Å²) in [6, 6.07) is 0. The SMILES string of the molecule is CCCCCCC/C=C/C(CO)SP(=S)(OCC)OCC. The van der Waals surface area contributed by atoms with Crippen LogP contribution in [0.15, 0.2) is 12.2 Å². The van der Waals surface area contributed by atoms with Gasteiger partial charge in [-0.15, -0.1) is 0 Å². The van der Waals surface area contributed by atoms with Crippen molar-refractivity contribution in [3.8, 4) is 0 Å². The van der Waals surface area contributed by atoms with Crippen molar-refractivity contribution in [3.63, 3.8) is 0 Å². The molecule has 0 amide bonds. The summed E-state index contributed by atoms with van der Waals surface area (Å²) in [6.07, 6.45) is 11.7. The third-order valence-electron chi connectivity index (χ3n) is 2.84. The lowest BCUT2D eigenvalue weighted by Gasteiger charge is -2.22. The maximum atomic E-state index is 9.49.